The Morgan fingerprint density at radius 2 is 2.00 bits per heavy atom. The molecule has 2 heterocycles. The summed E-state index contributed by atoms with van der Waals surface area (Å²) < 4.78 is 34.5. The predicted molar refractivity (Wildman–Crippen MR) is 105 cm³/mol. The minimum Gasteiger partial charge on any atom is -0.378 e. The number of hydrogen-bond donors (Lipinski definition) is 2. The molecule has 148 valence electrons. The van der Waals surface area contributed by atoms with Crippen LogP contribution in [0.4, 0.5) is 10.3 Å². The SMILES string of the molecule is C[C@@H](N[S@](=O)C(C)(C)C)c1cc(F)cc2c(=O)[nH]c(N3CCOCC3)nc12. The molecule has 1 aromatic heterocycles. The number of hydrogen-bond acceptors (Lipinski definition) is 5. The van der Waals surface area contributed by atoms with Crippen molar-refractivity contribution >= 4 is 27.8 Å². The van der Waals surface area contributed by atoms with Crippen LogP contribution in [0.25, 0.3) is 10.9 Å². The monoisotopic (exact) mass is 396 g/mol. The van der Waals surface area contributed by atoms with Gasteiger partial charge in [0.25, 0.3) is 5.56 Å². The topological polar surface area (TPSA) is 87.3 Å². The number of aromatic nitrogens is 2. The van der Waals surface area contributed by atoms with E-state index in [4.69, 9.17) is 4.74 Å². The third-order valence-electron chi connectivity index (χ3n) is 4.41. The predicted octanol–water partition coefficient (Wildman–Crippen LogP) is 2.01. The first-order valence-electron chi connectivity index (χ1n) is 8.91. The highest BCUT2D eigenvalue weighted by atomic mass is 32.2. The van der Waals surface area contributed by atoms with Gasteiger partial charge in [0.15, 0.2) is 0 Å². The molecule has 0 aliphatic carbocycles. The van der Waals surface area contributed by atoms with E-state index in [0.717, 1.165) is 0 Å². The fourth-order valence-electron chi connectivity index (χ4n) is 2.88. The van der Waals surface area contributed by atoms with Gasteiger partial charge in [0.1, 0.15) is 5.82 Å². The number of H-pyrrole nitrogens is 1. The van der Waals surface area contributed by atoms with Crippen LogP contribution in [0.15, 0.2) is 16.9 Å². The van der Waals surface area contributed by atoms with Gasteiger partial charge in [-0.1, -0.05) is 0 Å². The Hall–Kier alpha value is -1.84. The second-order valence-electron chi connectivity index (χ2n) is 7.60. The Kier molecular flexibility index (Phi) is 5.64. The lowest BCUT2D eigenvalue weighted by atomic mass is 10.1. The molecular formula is C18H25FN4O3S. The van der Waals surface area contributed by atoms with E-state index >= 15 is 0 Å². The molecular weight excluding hydrogens is 371 g/mol. The molecule has 0 spiro atoms. The second kappa shape index (κ2) is 7.65. The summed E-state index contributed by atoms with van der Waals surface area (Å²) in [5, 5.41) is 0.178. The molecule has 27 heavy (non-hydrogen) atoms. The molecule has 0 unspecified atom stereocenters. The number of nitrogens with one attached hydrogen (secondary N) is 2. The third kappa shape index (κ3) is 4.36. The first kappa shape index (κ1) is 19.9. The van der Waals surface area contributed by atoms with Crippen LogP contribution in [0.2, 0.25) is 0 Å². The van der Waals surface area contributed by atoms with Crippen molar-refractivity contribution in [1.29, 1.82) is 0 Å². The van der Waals surface area contributed by atoms with Gasteiger partial charge in [-0.2, -0.15) is 0 Å². The van der Waals surface area contributed by atoms with E-state index in [9.17, 15) is 13.4 Å². The van der Waals surface area contributed by atoms with Crippen molar-refractivity contribution in [3.05, 3.63) is 33.9 Å². The van der Waals surface area contributed by atoms with Crippen LogP contribution < -0.4 is 15.2 Å². The normalized spacial score (nSPS) is 17.9. The van der Waals surface area contributed by atoms with Crippen molar-refractivity contribution < 1.29 is 13.3 Å². The van der Waals surface area contributed by atoms with Crippen LogP contribution in [0.5, 0.6) is 0 Å². The van der Waals surface area contributed by atoms with E-state index in [1.54, 1.807) is 6.92 Å². The maximum absolute atomic E-state index is 14.2. The van der Waals surface area contributed by atoms with Gasteiger partial charge in [-0.25, -0.2) is 18.3 Å². The zero-order valence-corrected chi connectivity index (χ0v) is 16.8. The summed E-state index contributed by atoms with van der Waals surface area (Å²) in [4.78, 5) is 21.8. The van der Waals surface area contributed by atoms with Gasteiger partial charge in [-0.05, 0) is 45.4 Å². The number of anilines is 1. The summed E-state index contributed by atoms with van der Waals surface area (Å²) in [5.74, 6) is -0.0908. The molecule has 0 saturated carbocycles. The van der Waals surface area contributed by atoms with Crippen LogP contribution in [-0.2, 0) is 15.7 Å². The number of rotatable bonds is 4. The van der Waals surface area contributed by atoms with Gasteiger partial charge in [-0.15, -0.1) is 0 Å². The van der Waals surface area contributed by atoms with Crippen molar-refractivity contribution in [3.63, 3.8) is 0 Å². The fourth-order valence-corrected chi connectivity index (χ4v) is 3.68. The summed E-state index contributed by atoms with van der Waals surface area (Å²) in [6.45, 7) is 9.69. The lowest BCUT2D eigenvalue weighted by molar-refractivity contribution is 0.122. The van der Waals surface area contributed by atoms with Crippen molar-refractivity contribution in [2.45, 2.75) is 38.5 Å². The fraction of sp³-hybridized carbons (Fsp3) is 0.556. The standard InChI is InChI=1S/C18H25FN4O3S/c1-11(22-27(25)18(2,3)4)13-9-12(19)10-14-15(13)20-17(21-16(14)24)23-5-7-26-8-6-23/h9-11,22H,5-8H2,1-4H3,(H,20,21,24)/t11-,27-/m1/s1. The van der Waals surface area contributed by atoms with Crippen molar-refractivity contribution in [2.75, 3.05) is 31.2 Å². The maximum atomic E-state index is 14.2. The molecule has 2 aromatic rings. The number of nitrogens with zero attached hydrogens (tertiary/aromatic N) is 2. The molecule has 0 amide bonds. The van der Waals surface area contributed by atoms with Gasteiger partial charge in [0, 0.05) is 19.1 Å². The zero-order chi connectivity index (χ0) is 19.8. The number of morpholine rings is 1. The molecule has 2 atom stereocenters. The summed E-state index contributed by atoms with van der Waals surface area (Å²) in [5.41, 5.74) is 0.516. The van der Waals surface area contributed by atoms with E-state index < -0.39 is 33.2 Å². The highest BCUT2D eigenvalue weighted by molar-refractivity contribution is 7.84. The van der Waals surface area contributed by atoms with Crippen LogP contribution in [0.1, 0.15) is 39.3 Å². The Labute approximate surface area is 159 Å². The Morgan fingerprint density at radius 1 is 1.33 bits per heavy atom. The van der Waals surface area contributed by atoms with E-state index in [1.807, 2.05) is 25.7 Å². The average molecular weight is 396 g/mol. The number of benzene rings is 1. The van der Waals surface area contributed by atoms with Crippen LogP contribution >= 0.6 is 0 Å². The van der Waals surface area contributed by atoms with Gasteiger partial charge in [-0.3, -0.25) is 9.78 Å². The van der Waals surface area contributed by atoms with Crippen molar-refractivity contribution in [1.82, 2.24) is 14.7 Å². The minimum atomic E-state index is -1.35. The van der Waals surface area contributed by atoms with Crippen LogP contribution in [-0.4, -0.2) is 45.2 Å². The summed E-state index contributed by atoms with van der Waals surface area (Å²) in [6, 6.07) is 2.08. The Morgan fingerprint density at radius 3 is 2.63 bits per heavy atom. The maximum Gasteiger partial charge on any atom is 0.260 e. The van der Waals surface area contributed by atoms with E-state index in [2.05, 4.69) is 14.7 Å². The molecule has 7 nitrogen and oxygen atoms in total. The first-order chi connectivity index (χ1) is 12.7. The van der Waals surface area contributed by atoms with Gasteiger partial charge in [0.2, 0.25) is 5.95 Å². The second-order valence-corrected chi connectivity index (χ2v) is 9.60. The molecule has 9 heteroatoms. The van der Waals surface area contributed by atoms with Crippen molar-refractivity contribution in [2.24, 2.45) is 0 Å². The smallest absolute Gasteiger partial charge is 0.260 e. The zero-order valence-electron chi connectivity index (χ0n) is 16.0. The third-order valence-corrected chi connectivity index (χ3v) is 6.09. The Bertz CT molecular complexity index is 919. The number of aromatic amines is 1. The number of fused-ring (bicyclic) bond motifs is 1. The molecule has 0 bridgehead atoms. The summed E-state index contributed by atoms with van der Waals surface area (Å²) in [6.07, 6.45) is 0. The van der Waals surface area contributed by atoms with E-state index in [1.165, 1.54) is 12.1 Å². The molecule has 1 aromatic carbocycles. The minimum absolute atomic E-state index is 0.178. The number of ether oxygens (including phenoxy) is 1. The molecule has 1 fully saturated rings. The average Bonchev–Trinajstić information content (AvgIpc) is 2.61. The van der Waals surface area contributed by atoms with Crippen molar-refractivity contribution in [3.8, 4) is 0 Å². The van der Waals surface area contributed by atoms with Gasteiger partial charge in [0.05, 0.1) is 39.8 Å². The summed E-state index contributed by atoms with van der Waals surface area (Å²) in [7, 11) is -1.35. The largest absolute Gasteiger partial charge is 0.378 e. The highest BCUT2D eigenvalue weighted by Crippen LogP contribution is 2.25. The molecule has 1 aliphatic rings. The van der Waals surface area contributed by atoms with Crippen LogP contribution in [0, 0.1) is 5.82 Å². The molecule has 2 N–H and O–H groups in total. The lowest BCUT2D eigenvalue weighted by Crippen LogP contribution is -2.38. The quantitative estimate of drug-likeness (QED) is 0.826. The molecule has 0 radical (unpaired) electrons. The van der Waals surface area contributed by atoms with E-state index in [0.29, 0.717) is 43.3 Å². The highest BCUT2D eigenvalue weighted by Gasteiger charge is 2.24. The lowest BCUT2D eigenvalue weighted by Gasteiger charge is -2.27. The first-order valence-corrected chi connectivity index (χ1v) is 10.1. The number of halogens is 1. The molecule has 3 rings (SSSR count). The van der Waals surface area contributed by atoms with Crippen LogP contribution in [0.3, 0.4) is 0 Å². The van der Waals surface area contributed by atoms with Gasteiger partial charge >= 0.3 is 0 Å². The molecule has 1 saturated heterocycles. The molecule has 1 aliphatic heterocycles. The summed E-state index contributed by atoms with van der Waals surface area (Å²) >= 11 is 0. The van der Waals surface area contributed by atoms with E-state index in [-0.39, 0.29) is 5.39 Å². The van der Waals surface area contributed by atoms with Gasteiger partial charge < -0.3 is 9.64 Å². The Balaban J connectivity index is 2.06.